The van der Waals surface area contributed by atoms with Crippen molar-refractivity contribution in [2.24, 2.45) is 0 Å². The lowest BCUT2D eigenvalue weighted by Gasteiger charge is -2.24. The highest BCUT2D eigenvalue weighted by Gasteiger charge is 2.39. The summed E-state index contributed by atoms with van der Waals surface area (Å²) < 4.78 is 25.3. The molecule has 2 fully saturated rings. The molecular formula is C18H22N2O3S2. The molecule has 2 atom stereocenters. The molecule has 2 aliphatic rings. The third-order valence-corrected chi connectivity index (χ3v) is 7.97. The Hall–Kier alpha value is -1.44. The fourth-order valence-corrected chi connectivity index (χ4v) is 6.72. The second-order valence-corrected chi connectivity index (χ2v) is 10.3. The molecule has 0 radical (unpaired) electrons. The van der Waals surface area contributed by atoms with E-state index in [4.69, 9.17) is 0 Å². The van der Waals surface area contributed by atoms with Crippen molar-refractivity contribution in [3.63, 3.8) is 0 Å². The Bertz CT molecular complexity index is 852. The summed E-state index contributed by atoms with van der Waals surface area (Å²) >= 11 is 1.44. The summed E-state index contributed by atoms with van der Waals surface area (Å²) in [6.07, 6.45) is 4.56. The van der Waals surface area contributed by atoms with Crippen molar-refractivity contribution in [3.8, 4) is 0 Å². The number of thiophene rings is 1. The Labute approximate surface area is 151 Å². The number of carbonyl (C=O) groups is 1. The predicted molar refractivity (Wildman–Crippen MR) is 101 cm³/mol. The fraction of sp³-hybridized carbons (Fsp3) is 0.500. The van der Waals surface area contributed by atoms with Crippen molar-refractivity contribution in [3.05, 3.63) is 35.2 Å². The molecule has 2 N–H and O–H groups in total. The maximum atomic E-state index is 12.6. The third kappa shape index (κ3) is 3.73. The summed E-state index contributed by atoms with van der Waals surface area (Å²) in [6, 6.07) is 9.57. The van der Waals surface area contributed by atoms with E-state index < -0.39 is 9.84 Å². The molecule has 0 bridgehead atoms. The van der Waals surface area contributed by atoms with Crippen LogP contribution in [0.25, 0.3) is 10.1 Å². The van der Waals surface area contributed by atoms with E-state index in [1.165, 1.54) is 24.2 Å². The number of sulfone groups is 1. The number of fused-ring (bicyclic) bond motifs is 1. The van der Waals surface area contributed by atoms with Crippen LogP contribution >= 0.6 is 11.3 Å². The van der Waals surface area contributed by atoms with Gasteiger partial charge in [-0.3, -0.25) is 4.79 Å². The number of rotatable bonds is 4. The van der Waals surface area contributed by atoms with Gasteiger partial charge in [0.1, 0.15) is 0 Å². The standard InChI is InChI=1S/C18H22N2O3S2/c21-18(17-9-12-5-1-4-8-16(12)24-17)20-15-11-25(22,23)10-14(15)19-13-6-2-3-7-13/h1,4-5,8-9,13-15,19H,2-3,6-7,10-11H2,(H,20,21)/t14-,15-/m1/s1. The number of hydrogen-bond acceptors (Lipinski definition) is 5. The maximum absolute atomic E-state index is 12.6. The lowest BCUT2D eigenvalue weighted by molar-refractivity contribution is 0.0938. The van der Waals surface area contributed by atoms with Crippen molar-refractivity contribution in [2.45, 2.75) is 43.8 Å². The molecule has 4 rings (SSSR count). The van der Waals surface area contributed by atoms with Crippen molar-refractivity contribution in [2.75, 3.05) is 11.5 Å². The Morgan fingerprint density at radius 3 is 2.56 bits per heavy atom. The Kier molecular flexibility index (Phi) is 4.56. The zero-order valence-corrected chi connectivity index (χ0v) is 15.5. The fourth-order valence-electron chi connectivity index (χ4n) is 3.88. The maximum Gasteiger partial charge on any atom is 0.261 e. The van der Waals surface area contributed by atoms with Gasteiger partial charge in [-0.2, -0.15) is 0 Å². The van der Waals surface area contributed by atoms with Gasteiger partial charge in [-0.15, -0.1) is 11.3 Å². The van der Waals surface area contributed by atoms with E-state index in [1.54, 1.807) is 0 Å². The monoisotopic (exact) mass is 378 g/mol. The first-order valence-corrected chi connectivity index (χ1v) is 11.4. The second-order valence-electron chi connectivity index (χ2n) is 7.06. The van der Waals surface area contributed by atoms with Crippen molar-refractivity contribution >= 4 is 37.2 Å². The van der Waals surface area contributed by atoms with Gasteiger partial charge in [0.2, 0.25) is 0 Å². The minimum atomic E-state index is -3.11. The zero-order valence-electron chi connectivity index (χ0n) is 13.9. The first-order chi connectivity index (χ1) is 12.0. The second kappa shape index (κ2) is 6.70. The van der Waals surface area contributed by atoms with E-state index in [1.807, 2.05) is 30.3 Å². The van der Waals surface area contributed by atoms with Crippen LogP contribution in [0.2, 0.25) is 0 Å². The first kappa shape index (κ1) is 17.0. The minimum absolute atomic E-state index is 0.0218. The lowest BCUT2D eigenvalue weighted by Crippen LogP contribution is -2.51. The molecule has 1 amide bonds. The summed E-state index contributed by atoms with van der Waals surface area (Å²) in [7, 11) is -3.11. The minimum Gasteiger partial charge on any atom is -0.346 e. The summed E-state index contributed by atoms with van der Waals surface area (Å²) in [5.74, 6) is -0.0453. The van der Waals surface area contributed by atoms with Crippen LogP contribution in [0.1, 0.15) is 35.4 Å². The van der Waals surface area contributed by atoms with Gasteiger partial charge in [0.25, 0.3) is 5.91 Å². The van der Waals surface area contributed by atoms with Crippen LogP contribution in [0, 0.1) is 0 Å². The molecule has 5 nitrogen and oxygen atoms in total. The Balaban J connectivity index is 1.49. The number of amides is 1. The number of hydrogen-bond donors (Lipinski definition) is 2. The van der Waals surface area contributed by atoms with Crippen molar-refractivity contribution in [1.82, 2.24) is 10.6 Å². The van der Waals surface area contributed by atoms with Crippen molar-refractivity contribution < 1.29 is 13.2 Å². The van der Waals surface area contributed by atoms with Crippen LogP contribution in [-0.4, -0.2) is 44.0 Å². The third-order valence-electron chi connectivity index (χ3n) is 5.12. The molecule has 1 saturated carbocycles. The highest BCUT2D eigenvalue weighted by atomic mass is 32.2. The molecule has 1 aromatic heterocycles. The zero-order chi connectivity index (χ0) is 17.4. The predicted octanol–water partition coefficient (Wildman–Crippen LogP) is 2.33. The molecule has 1 aliphatic heterocycles. The molecule has 1 aliphatic carbocycles. The molecule has 0 unspecified atom stereocenters. The molecule has 25 heavy (non-hydrogen) atoms. The molecule has 1 saturated heterocycles. The van der Waals surface area contributed by atoms with Gasteiger partial charge in [0.05, 0.1) is 22.4 Å². The van der Waals surface area contributed by atoms with Gasteiger partial charge in [0.15, 0.2) is 9.84 Å². The van der Waals surface area contributed by atoms with Crippen LogP contribution in [0.5, 0.6) is 0 Å². The van der Waals surface area contributed by atoms with E-state index in [9.17, 15) is 13.2 Å². The van der Waals surface area contributed by atoms with Gasteiger partial charge < -0.3 is 10.6 Å². The molecule has 1 aromatic carbocycles. The van der Waals surface area contributed by atoms with Crippen LogP contribution in [0.15, 0.2) is 30.3 Å². The van der Waals surface area contributed by atoms with Gasteiger partial charge in [-0.1, -0.05) is 31.0 Å². The molecule has 134 valence electrons. The number of nitrogens with one attached hydrogen (secondary N) is 2. The molecular weight excluding hydrogens is 356 g/mol. The van der Waals surface area contributed by atoms with Crippen LogP contribution < -0.4 is 10.6 Å². The van der Waals surface area contributed by atoms with Crippen LogP contribution in [0.3, 0.4) is 0 Å². The highest BCUT2D eigenvalue weighted by molar-refractivity contribution is 7.91. The summed E-state index contributed by atoms with van der Waals surface area (Å²) in [5.41, 5.74) is 0. The van der Waals surface area contributed by atoms with E-state index in [2.05, 4.69) is 10.6 Å². The van der Waals surface area contributed by atoms with Crippen LogP contribution in [0.4, 0.5) is 0 Å². The SMILES string of the molecule is O=C(N[C@@H]1CS(=O)(=O)C[C@H]1NC1CCCC1)c1cc2ccccc2s1. The van der Waals surface area contributed by atoms with Gasteiger partial charge >= 0.3 is 0 Å². The van der Waals surface area contributed by atoms with Crippen LogP contribution in [-0.2, 0) is 9.84 Å². The van der Waals surface area contributed by atoms with Gasteiger partial charge in [-0.25, -0.2) is 8.42 Å². The Morgan fingerprint density at radius 1 is 1.08 bits per heavy atom. The highest BCUT2D eigenvalue weighted by Crippen LogP contribution is 2.26. The molecule has 2 heterocycles. The van der Waals surface area contributed by atoms with E-state index >= 15 is 0 Å². The average molecular weight is 379 g/mol. The summed E-state index contributed by atoms with van der Waals surface area (Å²) in [5, 5.41) is 7.48. The topological polar surface area (TPSA) is 75.3 Å². The molecule has 2 aromatic rings. The van der Waals surface area contributed by atoms with E-state index in [0.717, 1.165) is 22.9 Å². The quantitative estimate of drug-likeness (QED) is 0.856. The van der Waals surface area contributed by atoms with Crippen molar-refractivity contribution in [1.29, 1.82) is 0 Å². The van der Waals surface area contributed by atoms with E-state index in [0.29, 0.717) is 10.9 Å². The molecule has 0 spiro atoms. The summed E-state index contributed by atoms with van der Waals surface area (Å²) in [4.78, 5) is 13.3. The first-order valence-electron chi connectivity index (χ1n) is 8.76. The summed E-state index contributed by atoms with van der Waals surface area (Å²) in [6.45, 7) is 0. The lowest BCUT2D eigenvalue weighted by atomic mass is 10.1. The normalized spacial score (nSPS) is 26.2. The van der Waals surface area contributed by atoms with Gasteiger partial charge in [0, 0.05) is 16.8 Å². The van der Waals surface area contributed by atoms with E-state index in [-0.39, 0.29) is 29.5 Å². The van der Waals surface area contributed by atoms with Gasteiger partial charge in [-0.05, 0) is 30.4 Å². The molecule has 7 heteroatoms. The number of carbonyl (C=O) groups excluding carboxylic acids is 1. The largest absolute Gasteiger partial charge is 0.346 e. The smallest absolute Gasteiger partial charge is 0.261 e. The average Bonchev–Trinajstić information content (AvgIpc) is 3.26. The number of benzene rings is 1. The Morgan fingerprint density at radius 2 is 1.80 bits per heavy atom.